The van der Waals surface area contributed by atoms with Crippen molar-refractivity contribution in [3.63, 3.8) is 0 Å². The lowest BCUT2D eigenvalue weighted by molar-refractivity contribution is -0.386. The number of hydrogen-bond acceptors (Lipinski definition) is 5. The van der Waals surface area contributed by atoms with E-state index in [1.807, 2.05) is 0 Å². The lowest BCUT2D eigenvalue weighted by Gasteiger charge is -2.03. The summed E-state index contributed by atoms with van der Waals surface area (Å²) >= 11 is 0. The van der Waals surface area contributed by atoms with Gasteiger partial charge in [-0.15, -0.1) is 0 Å². The maximum absolute atomic E-state index is 10.5. The van der Waals surface area contributed by atoms with Crippen LogP contribution in [0.1, 0.15) is 6.42 Å². The Balaban J connectivity index is 2.67. The molecule has 0 bridgehead atoms. The van der Waals surface area contributed by atoms with Gasteiger partial charge in [-0.05, 0) is 0 Å². The molecule has 0 saturated carbocycles. The predicted octanol–water partition coefficient (Wildman–Crippen LogP) is 0.843. The van der Waals surface area contributed by atoms with E-state index in [1.165, 1.54) is 12.3 Å². The van der Waals surface area contributed by atoms with Crippen LogP contribution in [0.15, 0.2) is 18.5 Å². The number of ether oxygens (including phenoxy) is 1. The van der Waals surface area contributed by atoms with Crippen molar-refractivity contribution in [2.24, 2.45) is 0 Å². The van der Waals surface area contributed by atoms with Crippen molar-refractivity contribution in [2.45, 2.75) is 6.42 Å². The quantitative estimate of drug-likeness (QED) is 0.573. The fourth-order valence-electron chi connectivity index (χ4n) is 0.881. The number of aromatic nitrogens is 1. The second kappa shape index (κ2) is 4.89. The highest BCUT2D eigenvalue weighted by Gasteiger charge is 2.14. The van der Waals surface area contributed by atoms with Gasteiger partial charge in [-0.3, -0.25) is 19.9 Å². The van der Waals surface area contributed by atoms with Gasteiger partial charge in [-0.2, -0.15) is 0 Å². The first-order valence-electron chi connectivity index (χ1n) is 4.04. The van der Waals surface area contributed by atoms with Gasteiger partial charge in [0.15, 0.2) is 5.75 Å². The minimum absolute atomic E-state index is 0.0243. The summed E-state index contributed by atoms with van der Waals surface area (Å²) in [5, 5.41) is 18.8. The number of aliphatic carboxylic acids is 1. The van der Waals surface area contributed by atoms with Crippen LogP contribution in [0.5, 0.6) is 5.75 Å². The van der Waals surface area contributed by atoms with E-state index in [1.54, 1.807) is 0 Å². The number of nitro groups is 1. The zero-order valence-corrected chi connectivity index (χ0v) is 7.62. The Kier molecular flexibility index (Phi) is 3.55. The van der Waals surface area contributed by atoms with Gasteiger partial charge in [0.25, 0.3) is 0 Å². The molecule has 15 heavy (non-hydrogen) atoms. The third kappa shape index (κ3) is 3.22. The molecule has 0 saturated heterocycles. The van der Waals surface area contributed by atoms with Crippen molar-refractivity contribution in [1.29, 1.82) is 0 Å². The average molecular weight is 212 g/mol. The van der Waals surface area contributed by atoms with E-state index in [4.69, 9.17) is 9.84 Å². The summed E-state index contributed by atoms with van der Waals surface area (Å²) in [4.78, 5) is 23.6. The Hall–Kier alpha value is -2.18. The van der Waals surface area contributed by atoms with Gasteiger partial charge in [0, 0.05) is 12.3 Å². The maximum Gasteiger partial charge on any atom is 0.329 e. The average Bonchev–Trinajstić information content (AvgIpc) is 2.17. The van der Waals surface area contributed by atoms with Gasteiger partial charge in [0.05, 0.1) is 18.0 Å². The molecule has 1 heterocycles. The van der Waals surface area contributed by atoms with Crippen LogP contribution in [0.3, 0.4) is 0 Å². The highest BCUT2D eigenvalue weighted by atomic mass is 16.6. The first-order valence-corrected chi connectivity index (χ1v) is 4.04. The van der Waals surface area contributed by atoms with E-state index in [0.717, 1.165) is 6.20 Å². The molecule has 0 fully saturated rings. The molecule has 80 valence electrons. The molecule has 0 aliphatic carbocycles. The van der Waals surface area contributed by atoms with Crippen LogP contribution >= 0.6 is 0 Å². The minimum Gasteiger partial charge on any atom is -0.486 e. The van der Waals surface area contributed by atoms with E-state index >= 15 is 0 Å². The van der Waals surface area contributed by atoms with Gasteiger partial charge < -0.3 is 9.84 Å². The van der Waals surface area contributed by atoms with Gasteiger partial charge in [-0.1, -0.05) is 0 Å². The summed E-state index contributed by atoms with van der Waals surface area (Å²) in [5.41, 5.74) is -0.275. The van der Waals surface area contributed by atoms with Crippen LogP contribution in [-0.2, 0) is 4.79 Å². The lowest BCUT2D eigenvalue weighted by Crippen LogP contribution is -2.06. The number of pyridine rings is 1. The standard InChI is InChI=1S/C8H8N2O5/c11-8(12)2-4-15-7-1-3-9-5-6(7)10(13)14/h1,3,5H,2,4H2,(H,11,12). The largest absolute Gasteiger partial charge is 0.486 e. The van der Waals surface area contributed by atoms with Crippen LogP contribution in [0.2, 0.25) is 0 Å². The van der Waals surface area contributed by atoms with Crippen molar-refractivity contribution in [3.8, 4) is 5.75 Å². The van der Waals surface area contributed by atoms with Gasteiger partial charge in [-0.25, -0.2) is 0 Å². The van der Waals surface area contributed by atoms with Crippen molar-refractivity contribution >= 4 is 11.7 Å². The fraction of sp³-hybridized carbons (Fsp3) is 0.250. The SMILES string of the molecule is O=C(O)CCOc1ccncc1[N+](=O)[O-]. The summed E-state index contributed by atoms with van der Waals surface area (Å²) in [6, 6.07) is 1.32. The molecular formula is C8H8N2O5. The molecule has 0 aliphatic heterocycles. The number of hydrogen-bond donors (Lipinski definition) is 1. The van der Waals surface area contributed by atoms with Crippen LogP contribution in [0, 0.1) is 10.1 Å². The second-order valence-electron chi connectivity index (χ2n) is 2.59. The first-order chi connectivity index (χ1) is 7.11. The summed E-state index contributed by atoms with van der Waals surface area (Å²) in [7, 11) is 0. The molecule has 0 amide bonds. The van der Waals surface area contributed by atoms with Gasteiger partial charge >= 0.3 is 11.7 Å². The Labute approximate surface area is 84.5 Å². The zero-order valence-electron chi connectivity index (χ0n) is 7.62. The summed E-state index contributed by atoms with van der Waals surface area (Å²) in [5.74, 6) is -0.997. The van der Waals surface area contributed by atoms with Crippen molar-refractivity contribution in [2.75, 3.05) is 6.61 Å². The molecule has 0 unspecified atom stereocenters. The zero-order chi connectivity index (χ0) is 11.3. The Morgan fingerprint density at radius 3 is 3.00 bits per heavy atom. The smallest absolute Gasteiger partial charge is 0.329 e. The molecular weight excluding hydrogens is 204 g/mol. The number of carboxylic acids is 1. The summed E-state index contributed by atoms with van der Waals surface area (Å²) in [6.07, 6.45) is 2.18. The first kappa shape index (κ1) is 10.9. The molecule has 0 aliphatic rings. The van der Waals surface area contributed by atoms with Crippen LogP contribution < -0.4 is 4.74 Å². The molecule has 7 heteroatoms. The fourth-order valence-corrected chi connectivity index (χ4v) is 0.881. The minimum atomic E-state index is -1.02. The van der Waals surface area contributed by atoms with Crippen LogP contribution in [-0.4, -0.2) is 27.6 Å². The Morgan fingerprint density at radius 2 is 2.40 bits per heavy atom. The van der Waals surface area contributed by atoms with Gasteiger partial charge in [0.2, 0.25) is 0 Å². The Morgan fingerprint density at radius 1 is 1.67 bits per heavy atom. The third-order valence-electron chi connectivity index (χ3n) is 1.53. The van der Waals surface area contributed by atoms with Crippen LogP contribution in [0.4, 0.5) is 5.69 Å². The second-order valence-corrected chi connectivity index (χ2v) is 2.59. The number of carbonyl (C=O) groups is 1. The van der Waals surface area contributed by atoms with Crippen molar-refractivity contribution in [1.82, 2.24) is 4.98 Å². The van der Waals surface area contributed by atoms with Crippen LogP contribution in [0.25, 0.3) is 0 Å². The molecule has 0 spiro atoms. The number of nitrogens with zero attached hydrogens (tertiary/aromatic N) is 2. The highest BCUT2D eigenvalue weighted by molar-refractivity contribution is 5.66. The van der Waals surface area contributed by atoms with Crippen molar-refractivity contribution < 1.29 is 19.6 Å². The van der Waals surface area contributed by atoms with E-state index in [9.17, 15) is 14.9 Å². The molecule has 0 radical (unpaired) electrons. The number of carboxylic acid groups (broad SMARTS) is 1. The van der Waals surface area contributed by atoms with E-state index in [2.05, 4.69) is 4.98 Å². The summed E-state index contributed by atoms with van der Waals surface area (Å²) in [6.45, 7) is -0.111. The number of rotatable bonds is 5. The predicted molar refractivity (Wildman–Crippen MR) is 48.6 cm³/mol. The summed E-state index contributed by atoms with van der Waals surface area (Å²) < 4.78 is 4.95. The maximum atomic E-state index is 10.5. The molecule has 1 aromatic rings. The van der Waals surface area contributed by atoms with Gasteiger partial charge in [0.1, 0.15) is 6.20 Å². The molecule has 1 rings (SSSR count). The molecule has 7 nitrogen and oxygen atoms in total. The monoisotopic (exact) mass is 212 g/mol. The molecule has 1 N–H and O–H groups in total. The van der Waals surface area contributed by atoms with Crippen molar-refractivity contribution in [3.05, 3.63) is 28.6 Å². The third-order valence-corrected chi connectivity index (χ3v) is 1.53. The Bertz CT molecular complexity index is 379. The van der Waals surface area contributed by atoms with E-state index < -0.39 is 10.9 Å². The molecule has 0 atom stereocenters. The molecule has 0 aromatic carbocycles. The van der Waals surface area contributed by atoms with E-state index in [-0.39, 0.29) is 24.5 Å². The topological polar surface area (TPSA) is 103 Å². The lowest BCUT2D eigenvalue weighted by atomic mass is 10.4. The van der Waals surface area contributed by atoms with E-state index in [0.29, 0.717) is 0 Å². The highest BCUT2D eigenvalue weighted by Crippen LogP contribution is 2.24. The normalized spacial score (nSPS) is 9.60. The molecule has 1 aromatic heterocycles.